The second-order valence-electron chi connectivity index (χ2n) is 10.2. The number of hydrogen-bond acceptors (Lipinski definition) is 5. The fourth-order valence-corrected chi connectivity index (χ4v) is 4.97. The molecule has 2 aromatic carbocycles. The van der Waals surface area contributed by atoms with E-state index < -0.39 is 17.6 Å². The predicted octanol–water partition coefficient (Wildman–Crippen LogP) is 6.82. The van der Waals surface area contributed by atoms with Crippen LogP contribution in [0.1, 0.15) is 54.7 Å². The molecule has 0 spiro atoms. The number of piperazine rings is 1. The summed E-state index contributed by atoms with van der Waals surface area (Å²) >= 11 is 6.18. The van der Waals surface area contributed by atoms with Crippen LogP contribution in [0.3, 0.4) is 0 Å². The van der Waals surface area contributed by atoms with Crippen molar-refractivity contribution in [3.63, 3.8) is 0 Å². The highest BCUT2D eigenvalue weighted by atomic mass is 35.5. The molecule has 6 nitrogen and oxygen atoms in total. The molecule has 2 atom stereocenters. The molecule has 0 bridgehead atoms. The molecule has 1 saturated heterocycles. The van der Waals surface area contributed by atoms with Crippen molar-refractivity contribution in [2.24, 2.45) is 10.9 Å². The summed E-state index contributed by atoms with van der Waals surface area (Å²) in [5.74, 6) is 0.329. The molecule has 1 unspecified atom stereocenters. The van der Waals surface area contributed by atoms with Gasteiger partial charge < -0.3 is 20.4 Å². The Morgan fingerprint density at radius 2 is 1.90 bits per heavy atom. The summed E-state index contributed by atoms with van der Waals surface area (Å²) in [7, 11) is 0. The Bertz CT molecular complexity index is 1300. The Morgan fingerprint density at radius 1 is 1.15 bits per heavy atom. The minimum atomic E-state index is -4.57. The molecule has 0 radical (unpaired) electrons. The number of carbonyl (C=O) groups is 1. The summed E-state index contributed by atoms with van der Waals surface area (Å²) in [6, 6.07) is 10.6. The van der Waals surface area contributed by atoms with Crippen LogP contribution in [0.25, 0.3) is 0 Å². The second kappa shape index (κ2) is 12.9. The Balaban J connectivity index is 1.52. The standard InChI is InChI=1S/C30H35ClF3N5O/c1-4-38-11-13-39(14-12-38)26-18-23(16-24(19-26)30(32,33)34)29(40)36-25-9-6-8-22(17-25)21(3)35-28-15-20(2)7-5-10-27(31)37-28/h5-6,8-10,15-21,35H,4,7,11-14H2,1-3H3,(H,36,40)/b10-5+,28-15?,37-27?/t20?,21-/m0/s1. The monoisotopic (exact) mass is 573 g/mol. The molecule has 10 heteroatoms. The van der Waals surface area contributed by atoms with Crippen LogP contribution in [0.15, 0.2) is 71.5 Å². The van der Waals surface area contributed by atoms with Gasteiger partial charge in [0.05, 0.1) is 11.6 Å². The molecule has 2 aliphatic rings. The summed E-state index contributed by atoms with van der Waals surface area (Å²) < 4.78 is 41.3. The van der Waals surface area contributed by atoms with Crippen LogP contribution in [0.5, 0.6) is 0 Å². The van der Waals surface area contributed by atoms with Crippen molar-refractivity contribution in [3.8, 4) is 0 Å². The minimum Gasteiger partial charge on any atom is -0.369 e. The number of hydrogen-bond donors (Lipinski definition) is 2. The Morgan fingerprint density at radius 3 is 2.60 bits per heavy atom. The summed E-state index contributed by atoms with van der Waals surface area (Å²) in [6.45, 7) is 9.73. The molecule has 2 N–H and O–H groups in total. The molecule has 40 heavy (non-hydrogen) atoms. The number of alkyl halides is 3. The van der Waals surface area contributed by atoms with E-state index in [-0.39, 0.29) is 17.5 Å². The van der Waals surface area contributed by atoms with Gasteiger partial charge in [-0.25, -0.2) is 4.99 Å². The molecule has 214 valence electrons. The Hall–Kier alpha value is -3.30. The third-order valence-corrected chi connectivity index (χ3v) is 7.34. The second-order valence-corrected chi connectivity index (χ2v) is 10.6. The van der Waals surface area contributed by atoms with Gasteiger partial charge in [-0.05, 0) is 73.9 Å². The zero-order valence-electron chi connectivity index (χ0n) is 22.9. The van der Waals surface area contributed by atoms with E-state index in [9.17, 15) is 18.0 Å². The van der Waals surface area contributed by atoms with Gasteiger partial charge in [-0.3, -0.25) is 4.79 Å². The van der Waals surface area contributed by atoms with E-state index >= 15 is 0 Å². The van der Waals surface area contributed by atoms with Crippen LogP contribution in [-0.2, 0) is 6.18 Å². The lowest BCUT2D eigenvalue weighted by atomic mass is 10.0. The van der Waals surface area contributed by atoms with Crippen molar-refractivity contribution in [2.45, 2.75) is 39.4 Å². The number of allylic oxidation sites excluding steroid dienone is 3. The molecule has 2 aromatic rings. The van der Waals surface area contributed by atoms with Gasteiger partial charge in [0, 0.05) is 43.1 Å². The highest BCUT2D eigenvalue weighted by Gasteiger charge is 2.33. The lowest BCUT2D eigenvalue weighted by molar-refractivity contribution is -0.137. The third-order valence-electron chi connectivity index (χ3n) is 7.13. The molecular formula is C30H35ClF3N5O. The zero-order chi connectivity index (χ0) is 28.9. The zero-order valence-corrected chi connectivity index (χ0v) is 23.7. The molecule has 4 rings (SSSR count). The van der Waals surface area contributed by atoms with E-state index in [2.05, 4.69) is 34.4 Å². The number of anilines is 2. The van der Waals surface area contributed by atoms with Crippen molar-refractivity contribution in [2.75, 3.05) is 42.9 Å². The lowest BCUT2D eigenvalue weighted by Crippen LogP contribution is -2.46. The first-order valence-corrected chi connectivity index (χ1v) is 13.9. The van der Waals surface area contributed by atoms with Gasteiger partial charge >= 0.3 is 6.18 Å². The van der Waals surface area contributed by atoms with Gasteiger partial charge in [0.25, 0.3) is 5.91 Å². The summed E-state index contributed by atoms with van der Waals surface area (Å²) in [5.41, 5.74) is 0.878. The smallest absolute Gasteiger partial charge is 0.369 e. The molecule has 2 heterocycles. The third kappa shape index (κ3) is 7.88. The molecule has 0 aromatic heterocycles. The minimum absolute atomic E-state index is 0.0370. The van der Waals surface area contributed by atoms with Gasteiger partial charge in [-0.2, -0.15) is 13.2 Å². The van der Waals surface area contributed by atoms with Crippen molar-refractivity contribution in [3.05, 3.63) is 83.2 Å². The van der Waals surface area contributed by atoms with Crippen LogP contribution in [0, 0.1) is 5.92 Å². The molecule has 1 amide bonds. The molecule has 0 saturated carbocycles. The average Bonchev–Trinajstić information content (AvgIpc) is 2.91. The highest BCUT2D eigenvalue weighted by molar-refractivity contribution is 6.68. The summed E-state index contributed by atoms with van der Waals surface area (Å²) in [5, 5.41) is 6.52. The van der Waals surface area contributed by atoms with E-state index in [1.54, 1.807) is 30.3 Å². The Labute approximate surface area is 238 Å². The van der Waals surface area contributed by atoms with E-state index in [0.29, 0.717) is 35.5 Å². The molecule has 1 fully saturated rings. The fraction of sp³-hybridized carbons (Fsp3) is 0.400. The van der Waals surface area contributed by atoms with Crippen molar-refractivity contribution < 1.29 is 18.0 Å². The van der Waals surface area contributed by atoms with E-state index in [1.165, 1.54) is 0 Å². The van der Waals surface area contributed by atoms with Gasteiger partial charge in [0.1, 0.15) is 11.0 Å². The van der Waals surface area contributed by atoms with Gasteiger partial charge in [-0.15, -0.1) is 0 Å². The first-order valence-electron chi connectivity index (χ1n) is 13.5. The highest BCUT2D eigenvalue weighted by Crippen LogP contribution is 2.34. The first-order chi connectivity index (χ1) is 19.0. The van der Waals surface area contributed by atoms with Gasteiger partial charge in [0.2, 0.25) is 0 Å². The number of rotatable bonds is 7. The summed E-state index contributed by atoms with van der Waals surface area (Å²) in [4.78, 5) is 21.8. The number of benzene rings is 2. The van der Waals surface area contributed by atoms with Gasteiger partial charge in [0.15, 0.2) is 0 Å². The molecule has 0 aliphatic carbocycles. The largest absolute Gasteiger partial charge is 0.416 e. The molecule has 2 aliphatic heterocycles. The van der Waals surface area contributed by atoms with E-state index in [0.717, 1.165) is 43.8 Å². The van der Waals surface area contributed by atoms with Crippen molar-refractivity contribution in [1.29, 1.82) is 0 Å². The van der Waals surface area contributed by atoms with Crippen LogP contribution in [0.4, 0.5) is 24.5 Å². The SMILES string of the molecule is CCN1CCN(c2cc(C(=O)Nc3cccc([C@H](C)NC4=CC(C)C/C=C/C(Cl)=N4)c3)cc(C(F)(F)F)c2)CC1. The maximum absolute atomic E-state index is 13.8. The average molecular weight is 574 g/mol. The lowest BCUT2D eigenvalue weighted by Gasteiger charge is -2.36. The quantitative estimate of drug-likeness (QED) is 0.381. The predicted molar refractivity (Wildman–Crippen MR) is 156 cm³/mol. The number of nitrogens with one attached hydrogen (secondary N) is 2. The number of nitrogens with zero attached hydrogens (tertiary/aromatic N) is 3. The summed E-state index contributed by atoms with van der Waals surface area (Å²) in [6.07, 6.45) is 2.05. The normalized spacial score (nSPS) is 20.1. The van der Waals surface area contributed by atoms with Crippen molar-refractivity contribution >= 4 is 34.1 Å². The fourth-order valence-electron chi connectivity index (χ4n) is 4.79. The number of amides is 1. The maximum atomic E-state index is 13.8. The van der Waals surface area contributed by atoms with Gasteiger partial charge in [-0.1, -0.05) is 43.7 Å². The number of aliphatic imine (C=N–C) groups is 1. The number of carbonyl (C=O) groups excluding carboxylic acids is 1. The number of halogens is 4. The van der Waals surface area contributed by atoms with Crippen LogP contribution in [0.2, 0.25) is 0 Å². The van der Waals surface area contributed by atoms with E-state index in [1.807, 2.05) is 30.0 Å². The van der Waals surface area contributed by atoms with Crippen LogP contribution in [-0.4, -0.2) is 48.7 Å². The molecular weight excluding hydrogens is 539 g/mol. The maximum Gasteiger partial charge on any atom is 0.416 e. The van der Waals surface area contributed by atoms with Crippen molar-refractivity contribution in [1.82, 2.24) is 10.2 Å². The van der Waals surface area contributed by atoms with Crippen LogP contribution < -0.4 is 15.5 Å². The van der Waals surface area contributed by atoms with Crippen LogP contribution >= 0.6 is 11.6 Å². The number of likely N-dealkylation sites (N-methyl/N-ethyl adjacent to an activating group) is 1. The first kappa shape index (κ1) is 29.7. The Kier molecular flexibility index (Phi) is 9.58. The topological polar surface area (TPSA) is 60.0 Å². The van der Waals surface area contributed by atoms with E-state index in [4.69, 9.17) is 11.6 Å².